The zero-order valence-electron chi connectivity index (χ0n) is 15.5. The molecule has 0 unspecified atom stereocenters. The van der Waals surface area contributed by atoms with Gasteiger partial charge in [0.1, 0.15) is 0 Å². The van der Waals surface area contributed by atoms with Crippen molar-refractivity contribution in [2.45, 2.75) is 44.9 Å². The second kappa shape index (κ2) is 8.85. The van der Waals surface area contributed by atoms with Crippen LogP contribution in [0.25, 0.3) is 0 Å². The lowest BCUT2D eigenvalue weighted by Crippen LogP contribution is -2.14. The lowest BCUT2D eigenvalue weighted by molar-refractivity contribution is -0.116. The summed E-state index contributed by atoms with van der Waals surface area (Å²) in [6.07, 6.45) is 2.39. The first-order chi connectivity index (χ1) is 12.3. The van der Waals surface area contributed by atoms with Crippen LogP contribution in [0.2, 0.25) is 0 Å². The van der Waals surface area contributed by atoms with E-state index in [0.717, 1.165) is 18.4 Å². The van der Waals surface area contributed by atoms with E-state index < -0.39 is 10.0 Å². The second-order valence-corrected chi connectivity index (χ2v) is 8.41. The summed E-state index contributed by atoms with van der Waals surface area (Å²) < 4.78 is 27.5. The van der Waals surface area contributed by atoms with Crippen molar-refractivity contribution in [2.75, 3.05) is 10.0 Å². The van der Waals surface area contributed by atoms with Crippen molar-refractivity contribution in [1.82, 2.24) is 0 Å². The van der Waals surface area contributed by atoms with Gasteiger partial charge in [-0.25, -0.2) is 8.42 Å². The lowest BCUT2D eigenvalue weighted by atomic mass is 10.1. The first-order valence-electron chi connectivity index (χ1n) is 8.82. The molecular formula is C20H26N2O3S. The lowest BCUT2D eigenvalue weighted by Gasteiger charge is -2.11. The summed E-state index contributed by atoms with van der Waals surface area (Å²) in [5, 5.41) is 2.80. The van der Waals surface area contributed by atoms with Crippen molar-refractivity contribution in [1.29, 1.82) is 0 Å². The molecule has 2 aromatic rings. The average molecular weight is 375 g/mol. The number of carbonyl (C=O) groups excluding carboxylic acids is 1. The minimum atomic E-state index is -3.63. The number of carbonyl (C=O) groups is 1. The van der Waals surface area contributed by atoms with Gasteiger partial charge in [-0.05, 0) is 54.3 Å². The molecule has 0 aromatic heterocycles. The van der Waals surface area contributed by atoms with Crippen LogP contribution in [0.3, 0.4) is 0 Å². The molecule has 0 radical (unpaired) electrons. The molecule has 5 nitrogen and oxygen atoms in total. The highest BCUT2D eigenvalue weighted by atomic mass is 32.2. The summed E-state index contributed by atoms with van der Waals surface area (Å²) in [5.41, 5.74) is 2.21. The Labute approximate surface area is 155 Å². The summed E-state index contributed by atoms with van der Waals surface area (Å²) in [6.45, 7) is 6.04. The number of amides is 1. The van der Waals surface area contributed by atoms with Gasteiger partial charge in [0.15, 0.2) is 0 Å². The van der Waals surface area contributed by atoms with Gasteiger partial charge in [-0.1, -0.05) is 39.3 Å². The Hall–Kier alpha value is -2.34. The standard InChI is InChI=1S/C20H26N2O3S/c1-4-5-16-6-12-19(13-7-16)26(24,25)22-18-10-8-17(9-11-18)21-20(23)14-15(2)3/h6-13,15,22H,4-5,14H2,1-3H3,(H,21,23). The number of hydrogen-bond donors (Lipinski definition) is 2. The molecule has 0 fully saturated rings. The van der Waals surface area contributed by atoms with Crippen LogP contribution in [-0.4, -0.2) is 14.3 Å². The maximum absolute atomic E-state index is 12.5. The van der Waals surface area contributed by atoms with Crippen molar-refractivity contribution in [3.63, 3.8) is 0 Å². The summed E-state index contributed by atoms with van der Waals surface area (Å²) in [4.78, 5) is 12.0. The Morgan fingerprint density at radius 1 is 0.962 bits per heavy atom. The van der Waals surface area contributed by atoms with Crippen molar-refractivity contribution in [3.05, 3.63) is 54.1 Å². The van der Waals surface area contributed by atoms with Crippen molar-refractivity contribution < 1.29 is 13.2 Å². The monoisotopic (exact) mass is 374 g/mol. The second-order valence-electron chi connectivity index (χ2n) is 6.72. The van der Waals surface area contributed by atoms with E-state index in [9.17, 15) is 13.2 Å². The van der Waals surface area contributed by atoms with Gasteiger partial charge in [-0.2, -0.15) is 0 Å². The number of aryl methyl sites for hydroxylation is 1. The molecule has 26 heavy (non-hydrogen) atoms. The Morgan fingerprint density at radius 2 is 1.54 bits per heavy atom. The molecule has 140 valence electrons. The number of anilines is 2. The molecule has 0 atom stereocenters. The van der Waals surface area contributed by atoms with E-state index in [4.69, 9.17) is 0 Å². The van der Waals surface area contributed by atoms with Gasteiger partial charge >= 0.3 is 0 Å². The smallest absolute Gasteiger partial charge is 0.261 e. The molecular weight excluding hydrogens is 348 g/mol. The van der Waals surface area contributed by atoms with Gasteiger partial charge in [-0.3, -0.25) is 9.52 Å². The van der Waals surface area contributed by atoms with Crippen LogP contribution in [0, 0.1) is 5.92 Å². The number of nitrogens with one attached hydrogen (secondary N) is 2. The highest BCUT2D eigenvalue weighted by Crippen LogP contribution is 2.19. The van der Waals surface area contributed by atoms with E-state index in [1.165, 1.54) is 0 Å². The van der Waals surface area contributed by atoms with Gasteiger partial charge < -0.3 is 5.32 Å². The van der Waals surface area contributed by atoms with Crippen LogP contribution in [0.5, 0.6) is 0 Å². The molecule has 0 aliphatic rings. The largest absolute Gasteiger partial charge is 0.326 e. The first kappa shape index (κ1) is 20.0. The fraction of sp³-hybridized carbons (Fsp3) is 0.350. The molecule has 0 bridgehead atoms. The third-order valence-electron chi connectivity index (χ3n) is 3.79. The Balaban J connectivity index is 2.04. The highest BCUT2D eigenvalue weighted by molar-refractivity contribution is 7.92. The molecule has 0 aliphatic heterocycles. The van der Waals surface area contributed by atoms with Crippen LogP contribution >= 0.6 is 0 Å². The average Bonchev–Trinajstić information content (AvgIpc) is 2.56. The van der Waals surface area contributed by atoms with E-state index in [2.05, 4.69) is 17.0 Å². The normalized spacial score (nSPS) is 11.4. The van der Waals surface area contributed by atoms with Gasteiger partial charge in [0.05, 0.1) is 4.90 Å². The molecule has 2 N–H and O–H groups in total. The minimum Gasteiger partial charge on any atom is -0.326 e. The summed E-state index contributed by atoms with van der Waals surface area (Å²) in [6, 6.07) is 13.5. The van der Waals surface area contributed by atoms with E-state index in [0.29, 0.717) is 17.8 Å². The van der Waals surface area contributed by atoms with Crippen molar-refractivity contribution >= 4 is 27.3 Å². The maximum Gasteiger partial charge on any atom is 0.261 e. The number of hydrogen-bond acceptors (Lipinski definition) is 3. The van der Waals surface area contributed by atoms with Gasteiger partial charge in [0.25, 0.3) is 10.0 Å². The van der Waals surface area contributed by atoms with E-state index in [1.807, 2.05) is 26.0 Å². The molecule has 6 heteroatoms. The molecule has 1 amide bonds. The van der Waals surface area contributed by atoms with E-state index in [1.54, 1.807) is 36.4 Å². The van der Waals surface area contributed by atoms with E-state index >= 15 is 0 Å². The number of rotatable bonds is 8. The Morgan fingerprint density at radius 3 is 2.08 bits per heavy atom. The SMILES string of the molecule is CCCc1ccc(S(=O)(=O)Nc2ccc(NC(=O)CC(C)C)cc2)cc1. The summed E-state index contributed by atoms with van der Waals surface area (Å²) >= 11 is 0. The predicted molar refractivity (Wildman–Crippen MR) is 106 cm³/mol. The van der Waals surface area contributed by atoms with Crippen LogP contribution in [0.1, 0.15) is 39.2 Å². The van der Waals surface area contributed by atoms with Gasteiger partial charge in [0.2, 0.25) is 5.91 Å². The zero-order chi connectivity index (χ0) is 19.2. The molecule has 0 saturated carbocycles. The molecule has 0 aliphatic carbocycles. The quantitative estimate of drug-likeness (QED) is 0.718. The molecule has 0 heterocycles. The maximum atomic E-state index is 12.5. The van der Waals surface area contributed by atoms with Crippen LogP contribution in [-0.2, 0) is 21.2 Å². The van der Waals surface area contributed by atoms with Gasteiger partial charge in [-0.15, -0.1) is 0 Å². The molecule has 0 spiro atoms. The van der Waals surface area contributed by atoms with E-state index in [-0.39, 0.29) is 16.7 Å². The van der Waals surface area contributed by atoms with Crippen molar-refractivity contribution in [3.8, 4) is 0 Å². The zero-order valence-corrected chi connectivity index (χ0v) is 16.3. The minimum absolute atomic E-state index is 0.0551. The Bertz CT molecular complexity index is 826. The molecule has 2 aromatic carbocycles. The topological polar surface area (TPSA) is 75.3 Å². The third kappa shape index (κ3) is 5.88. The van der Waals surface area contributed by atoms with Crippen LogP contribution in [0.4, 0.5) is 11.4 Å². The van der Waals surface area contributed by atoms with Crippen LogP contribution in [0.15, 0.2) is 53.4 Å². The van der Waals surface area contributed by atoms with Crippen LogP contribution < -0.4 is 10.0 Å². The molecule has 2 rings (SSSR count). The summed E-state index contributed by atoms with van der Waals surface area (Å²) in [5.74, 6) is 0.227. The fourth-order valence-corrected chi connectivity index (χ4v) is 3.60. The predicted octanol–water partition coefficient (Wildman–Crippen LogP) is 4.42. The molecule has 0 saturated heterocycles. The first-order valence-corrected chi connectivity index (χ1v) is 10.3. The summed E-state index contributed by atoms with van der Waals surface area (Å²) in [7, 11) is -3.63. The third-order valence-corrected chi connectivity index (χ3v) is 5.18. The number of benzene rings is 2. The number of sulfonamides is 1. The Kier molecular flexibility index (Phi) is 6.80. The highest BCUT2D eigenvalue weighted by Gasteiger charge is 2.14. The van der Waals surface area contributed by atoms with Gasteiger partial charge in [0, 0.05) is 17.8 Å². The van der Waals surface area contributed by atoms with Crippen molar-refractivity contribution in [2.24, 2.45) is 5.92 Å². The fourth-order valence-electron chi connectivity index (χ4n) is 2.54.